The number of nitrogens with two attached hydrogens (primary N) is 1. The van der Waals surface area contributed by atoms with Crippen molar-refractivity contribution in [3.63, 3.8) is 0 Å². The van der Waals surface area contributed by atoms with E-state index < -0.39 is 0 Å². The van der Waals surface area contributed by atoms with E-state index in [1.54, 1.807) is 24.4 Å². The molecule has 31 heavy (non-hydrogen) atoms. The molecule has 4 rings (SSSR count). The number of nitroso groups, excluding NO2 is 1. The number of aromatic nitrogens is 4. The maximum Gasteiger partial charge on any atom is 0.221 e. The van der Waals surface area contributed by atoms with Crippen molar-refractivity contribution in [2.75, 3.05) is 11.1 Å². The van der Waals surface area contributed by atoms with E-state index in [1.165, 1.54) is 6.92 Å². The van der Waals surface area contributed by atoms with E-state index in [0.717, 1.165) is 16.6 Å². The third-order valence-corrected chi connectivity index (χ3v) is 4.30. The molecule has 0 spiro atoms. The second-order valence-corrected chi connectivity index (χ2v) is 6.48. The Morgan fingerprint density at radius 2 is 1.97 bits per heavy atom. The summed E-state index contributed by atoms with van der Waals surface area (Å²) in [6, 6.07) is 12.7. The number of hydrogen-bond acceptors (Lipinski definition) is 7. The Hall–Kier alpha value is -4.14. The Bertz CT molecular complexity index is 1230. The van der Waals surface area contributed by atoms with Gasteiger partial charge in [0, 0.05) is 18.2 Å². The van der Waals surface area contributed by atoms with Gasteiger partial charge in [-0.15, -0.1) is 0 Å². The molecule has 4 N–H and O–H groups in total. The average Bonchev–Trinajstić information content (AvgIpc) is 3.19. The van der Waals surface area contributed by atoms with Gasteiger partial charge in [0.25, 0.3) is 0 Å². The fourth-order valence-electron chi connectivity index (χ4n) is 3.02. The zero-order valence-electron chi connectivity index (χ0n) is 17.5. The summed E-state index contributed by atoms with van der Waals surface area (Å²) in [6.45, 7) is 5.54. The number of anilines is 2. The van der Waals surface area contributed by atoms with Crippen LogP contribution in [0.25, 0.3) is 33.8 Å². The minimum Gasteiger partial charge on any atom is -0.382 e. The van der Waals surface area contributed by atoms with Crippen LogP contribution in [0.4, 0.5) is 11.5 Å². The van der Waals surface area contributed by atoms with Crippen molar-refractivity contribution in [1.82, 2.24) is 19.9 Å². The van der Waals surface area contributed by atoms with Crippen LogP contribution < -0.4 is 11.1 Å². The van der Waals surface area contributed by atoms with Crippen LogP contribution in [0.3, 0.4) is 0 Å². The number of imidazole rings is 1. The van der Waals surface area contributed by atoms with Gasteiger partial charge in [0.2, 0.25) is 5.91 Å². The molecule has 2 aromatic carbocycles. The molecule has 0 fully saturated rings. The highest BCUT2D eigenvalue weighted by Crippen LogP contribution is 2.27. The van der Waals surface area contributed by atoms with Gasteiger partial charge in [0.05, 0.1) is 22.9 Å². The fourth-order valence-corrected chi connectivity index (χ4v) is 3.02. The molecule has 0 saturated carbocycles. The lowest BCUT2D eigenvalue weighted by atomic mass is 10.1. The summed E-state index contributed by atoms with van der Waals surface area (Å²) in [7, 11) is 0. The van der Waals surface area contributed by atoms with Crippen molar-refractivity contribution < 1.29 is 4.79 Å². The quantitative estimate of drug-likeness (QED) is 0.408. The lowest BCUT2D eigenvalue weighted by Crippen LogP contribution is -2.05. The second kappa shape index (κ2) is 9.57. The standard InChI is InChI=1S/C20H17N7O2.C2H6/c1-11(28)24-14-5-6-15-16(8-14)27-20(26-15)18-19(21)22-10-17(25-18)13-4-2-3-12(7-13)9-23-29;1-2/h2-8,10H,9H2,1H3,(H2,21,22)(H,24,28)(H,26,27);1-2H3. The SMILES string of the molecule is CC.CC(=O)Nc1ccc2nc(-c3nc(-c4cccc(CN=O)c4)cnc3N)[nH]c2c1. The third kappa shape index (κ3) is 4.89. The molecule has 0 aliphatic rings. The summed E-state index contributed by atoms with van der Waals surface area (Å²) in [6.07, 6.45) is 1.57. The highest BCUT2D eigenvalue weighted by molar-refractivity contribution is 5.92. The zero-order chi connectivity index (χ0) is 22.4. The van der Waals surface area contributed by atoms with E-state index in [-0.39, 0.29) is 18.3 Å². The largest absolute Gasteiger partial charge is 0.382 e. The van der Waals surface area contributed by atoms with E-state index in [9.17, 15) is 9.70 Å². The van der Waals surface area contributed by atoms with Crippen LogP contribution in [-0.4, -0.2) is 25.8 Å². The Labute approximate surface area is 179 Å². The maximum absolute atomic E-state index is 11.3. The smallest absolute Gasteiger partial charge is 0.221 e. The number of fused-ring (bicyclic) bond motifs is 1. The van der Waals surface area contributed by atoms with Crippen LogP contribution in [0.2, 0.25) is 0 Å². The Morgan fingerprint density at radius 3 is 2.71 bits per heavy atom. The molecule has 0 atom stereocenters. The van der Waals surface area contributed by atoms with Gasteiger partial charge in [0.15, 0.2) is 11.6 Å². The molecule has 0 saturated heterocycles. The van der Waals surface area contributed by atoms with Gasteiger partial charge in [0.1, 0.15) is 12.2 Å². The first-order valence-corrected chi connectivity index (χ1v) is 9.82. The van der Waals surface area contributed by atoms with Gasteiger partial charge >= 0.3 is 0 Å². The van der Waals surface area contributed by atoms with Crippen molar-refractivity contribution >= 4 is 28.4 Å². The Balaban J connectivity index is 0.00000132. The third-order valence-electron chi connectivity index (χ3n) is 4.30. The number of carbonyl (C=O) groups excluding carboxylic acids is 1. The number of nitrogen functional groups attached to an aromatic ring is 1. The summed E-state index contributed by atoms with van der Waals surface area (Å²) in [5.74, 6) is 0.553. The molecule has 1 amide bonds. The molecule has 0 radical (unpaired) electrons. The lowest BCUT2D eigenvalue weighted by Gasteiger charge is -2.06. The van der Waals surface area contributed by atoms with E-state index in [0.29, 0.717) is 28.4 Å². The van der Waals surface area contributed by atoms with E-state index >= 15 is 0 Å². The number of benzene rings is 2. The fraction of sp³-hybridized carbons (Fsp3) is 0.182. The number of nitrogens with one attached hydrogen (secondary N) is 2. The van der Waals surface area contributed by atoms with Crippen LogP contribution in [0, 0.1) is 4.91 Å². The first-order chi connectivity index (χ1) is 15.0. The number of H-pyrrole nitrogens is 1. The minimum atomic E-state index is -0.154. The van der Waals surface area contributed by atoms with E-state index in [2.05, 4.69) is 30.4 Å². The van der Waals surface area contributed by atoms with Gasteiger partial charge in [-0.1, -0.05) is 37.2 Å². The van der Waals surface area contributed by atoms with Crippen molar-refractivity contribution in [2.24, 2.45) is 5.18 Å². The number of hydrogen-bond donors (Lipinski definition) is 3. The minimum absolute atomic E-state index is 0.0866. The number of rotatable bonds is 5. The molecule has 2 heterocycles. The van der Waals surface area contributed by atoms with Gasteiger partial charge in [-0.2, -0.15) is 4.91 Å². The molecule has 158 valence electrons. The Kier molecular flexibility index (Phi) is 6.66. The highest BCUT2D eigenvalue weighted by Gasteiger charge is 2.14. The molecular weight excluding hydrogens is 394 g/mol. The summed E-state index contributed by atoms with van der Waals surface area (Å²) >= 11 is 0. The maximum atomic E-state index is 11.3. The van der Waals surface area contributed by atoms with Gasteiger partial charge in [-0.05, 0) is 29.8 Å². The van der Waals surface area contributed by atoms with Crippen LogP contribution in [0.1, 0.15) is 26.3 Å². The predicted octanol–water partition coefficient (Wildman–Crippen LogP) is 4.52. The number of amides is 1. The van der Waals surface area contributed by atoms with Crippen molar-refractivity contribution in [2.45, 2.75) is 27.3 Å². The summed E-state index contributed by atoms with van der Waals surface area (Å²) < 4.78 is 0. The van der Waals surface area contributed by atoms with Crippen LogP contribution >= 0.6 is 0 Å². The van der Waals surface area contributed by atoms with Crippen molar-refractivity contribution in [3.05, 3.63) is 59.1 Å². The number of aromatic amines is 1. The molecule has 2 aromatic heterocycles. The zero-order valence-corrected chi connectivity index (χ0v) is 17.5. The van der Waals surface area contributed by atoms with Gasteiger partial charge in [-0.3, -0.25) is 4.79 Å². The highest BCUT2D eigenvalue weighted by atomic mass is 16.3. The molecular formula is C22H23N7O2. The van der Waals surface area contributed by atoms with Crippen molar-refractivity contribution in [3.8, 4) is 22.8 Å². The molecule has 0 aliphatic heterocycles. The average molecular weight is 417 g/mol. The normalized spacial score (nSPS) is 10.3. The molecule has 4 aromatic rings. The first-order valence-electron chi connectivity index (χ1n) is 9.82. The summed E-state index contributed by atoms with van der Waals surface area (Å²) in [5, 5.41) is 5.66. The lowest BCUT2D eigenvalue weighted by molar-refractivity contribution is -0.114. The van der Waals surface area contributed by atoms with Crippen LogP contribution in [0.5, 0.6) is 0 Å². The Morgan fingerprint density at radius 1 is 1.16 bits per heavy atom. The van der Waals surface area contributed by atoms with Crippen LogP contribution in [0.15, 0.2) is 53.8 Å². The molecule has 0 bridgehead atoms. The van der Waals surface area contributed by atoms with Gasteiger partial charge < -0.3 is 16.0 Å². The predicted molar refractivity (Wildman–Crippen MR) is 122 cm³/mol. The number of carbonyl (C=O) groups is 1. The van der Waals surface area contributed by atoms with E-state index in [1.807, 2.05) is 38.1 Å². The topological polar surface area (TPSA) is 139 Å². The second-order valence-electron chi connectivity index (χ2n) is 6.48. The molecule has 0 unspecified atom stereocenters. The van der Waals surface area contributed by atoms with Gasteiger partial charge in [-0.25, -0.2) is 15.0 Å². The van der Waals surface area contributed by atoms with Crippen molar-refractivity contribution in [1.29, 1.82) is 0 Å². The summed E-state index contributed by atoms with van der Waals surface area (Å²) in [5.41, 5.74) is 10.7. The monoisotopic (exact) mass is 417 g/mol. The number of nitrogens with zero attached hydrogens (tertiary/aromatic N) is 4. The molecule has 0 aliphatic carbocycles. The first kappa shape index (κ1) is 21.6. The summed E-state index contributed by atoms with van der Waals surface area (Å²) in [4.78, 5) is 38.4. The van der Waals surface area contributed by atoms with E-state index in [4.69, 9.17) is 5.73 Å². The van der Waals surface area contributed by atoms with Crippen LogP contribution in [-0.2, 0) is 11.3 Å². The molecule has 9 heteroatoms. The molecule has 9 nitrogen and oxygen atoms in total.